The van der Waals surface area contributed by atoms with Crippen LogP contribution in [-0.2, 0) is 27.3 Å². The van der Waals surface area contributed by atoms with Crippen molar-refractivity contribution in [2.24, 2.45) is 0 Å². The molecule has 0 saturated heterocycles. The molecule has 5 rings (SSSR count). The molecule has 1 unspecified atom stereocenters. The van der Waals surface area contributed by atoms with Gasteiger partial charge in [0, 0.05) is 54.1 Å². The molecule has 0 bridgehead atoms. The molecular formula is C31H32N6O8. The number of carbonyl (C=O) groups is 4. The fourth-order valence-corrected chi connectivity index (χ4v) is 5.32. The number of ether oxygens (including phenoxy) is 3. The Bertz CT molecular complexity index is 1770. The number of fused-ring (bicyclic) bond motifs is 1. The third kappa shape index (κ3) is 6.30. The van der Waals surface area contributed by atoms with Crippen molar-refractivity contribution in [1.29, 1.82) is 0 Å². The minimum absolute atomic E-state index is 0.0604. The lowest BCUT2D eigenvalue weighted by atomic mass is 9.95. The maximum Gasteiger partial charge on any atom is 0.326 e. The summed E-state index contributed by atoms with van der Waals surface area (Å²) in [6, 6.07) is 8.99. The molecule has 0 fully saturated rings. The smallest absolute Gasteiger partial charge is 0.326 e. The largest absolute Gasteiger partial charge is 0.493 e. The molecule has 1 atom stereocenters. The second-order valence-electron chi connectivity index (χ2n) is 10.1. The van der Waals surface area contributed by atoms with Crippen LogP contribution in [0.2, 0.25) is 0 Å². The molecular weight excluding hydrogens is 584 g/mol. The number of rotatable bonds is 13. The van der Waals surface area contributed by atoms with Crippen molar-refractivity contribution in [3.8, 4) is 17.2 Å². The van der Waals surface area contributed by atoms with Crippen molar-refractivity contribution < 1.29 is 38.5 Å². The topological polar surface area (TPSA) is 186 Å². The fourth-order valence-electron chi connectivity index (χ4n) is 5.32. The van der Waals surface area contributed by atoms with E-state index in [2.05, 4.69) is 25.9 Å². The highest BCUT2D eigenvalue weighted by atomic mass is 16.5. The van der Waals surface area contributed by atoms with E-state index in [9.17, 15) is 24.3 Å². The summed E-state index contributed by atoms with van der Waals surface area (Å²) >= 11 is 0. The van der Waals surface area contributed by atoms with Gasteiger partial charge in [-0.3, -0.25) is 14.9 Å². The van der Waals surface area contributed by atoms with Crippen LogP contribution < -0.4 is 30.2 Å². The number of H-pyrrole nitrogens is 1. The predicted octanol–water partition coefficient (Wildman–Crippen LogP) is 2.34. The number of nitrogens with zero attached hydrogens (tertiary/aromatic N) is 2. The zero-order chi connectivity index (χ0) is 32.1. The number of aromatic amines is 1. The highest BCUT2D eigenvalue weighted by molar-refractivity contribution is 6.50. The summed E-state index contributed by atoms with van der Waals surface area (Å²) in [5.41, 5.74) is 2.77. The van der Waals surface area contributed by atoms with Crippen LogP contribution in [0.1, 0.15) is 23.2 Å². The van der Waals surface area contributed by atoms with Crippen LogP contribution in [0.4, 0.5) is 4.79 Å². The number of imidazole rings is 1. The van der Waals surface area contributed by atoms with Gasteiger partial charge in [0.15, 0.2) is 11.5 Å². The van der Waals surface area contributed by atoms with Gasteiger partial charge in [0.05, 0.1) is 38.8 Å². The number of aromatic nitrogens is 3. The number of benzene rings is 2. The van der Waals surface area contributed by atoms with E-state index in [1.165, 1.54) is 33.9 Å². The van der Waals surface area contributed by atoms with Gasteiger partial charge in [-0.25, -0.2) is 14.6 Å². The monoisotopic (exact) mass is 616 g/mol. The Morgan fingerprint density at radius 1 is 1.02 bits per heavy atom. The van der Waals surface area contributed by atoms with E-state index in [0.29, 0.717) is 47.0 Å². The van der Waals surface area contributed by atoms with E-state index in [1.807, 2.05) is 28.8 Å². The van der Waals surface area contributed by atoms with Crippen molar-refractivity contribution in [1.82, 2.24) is 30.5 Å². The Balaban J connectivity index is 1.38. The van der Waals surface area contributed by atoms with E-state index in [-0.39, 0.29) is 24.1 Å². The van der Waals surface area contributed by atoms with E-state index < -0.39 is 29.9 Å². The molecule has 5 N–H and O–H groups in total. The molecule has 4 amide bonds. The number of urea groups is 1. The van der Waals surface area contributed by atoms with Gasteiger partial charge in [-0.15, -0.1) is 0 Å². The molecule has 2 aromatic carbocycles. The summed E-state index contributed by atoms with van der Waals surface area (Å²) in [5.74, 6) is -1.23. The average molecular weight is 617 g/mol. The third-order valence-electron chi connectivity index (χ3n) is 7.39. The summed E-state index contributed by atoms with van der Waals surface area (Å²) < 4.78 is 18.3. The summed E-state index contributed by atoms with van der Waals surface area (Å²) in [6.07, 6.45) is 5.30. The minimum Gasteiger partial charge on any atom is -0.493 e. The summed E-state index contributed by atoms with van der Waals surface area (Å²) in [5, 5.41) is 17.8. The molecule has 4 aromatic rings. The molecule has 1 aliphatic heterocycles. The molecule has 234 valence electrons. The van der Waals surface area contributed by atoms with Gasteiger partial charge in [0.2, 0.25) is 5.75 Å². The third-order valence-corrected chi connectivity index (χ3v) is 7.39. The van der Waals surface area contributed by atoms with E-state index in [0.717, 1.165) is 10.9 Å². The maximum atomic E-state index is 13.2. The van der Waals surface area contributed by atoms with Crippen molar-refractivity contribution in [3.05, 3.63) is 71.9 Å². The molecule has 45 heavy (non-hydrogen) atoms. The highest BCUT2D eigenvalue weighted by Gasteiger charge is 2.35. The molecule has 0 spiro atoms. The lowest BCUT2D eigenvalue weighted by Gasteiger charge is -2.14. The van der Waals surface area contributed by atoms with Gasteiger partial charge < -0.3 is 39.5 Å². The molecule has 1 aliphatic rings. The molecule has 14 heteroatoms. The lowest BCUT2D eigenvalue weighted by molar-refractivity contribution is -0.139. The van der Waals surface area contributed by atoms with Crippen LogP contribution in [-0.4, -0.2) is 77.4 Å². The second-order valence-corrected chi connectivity index (χ2v) is 10.1. The summed E-state index contributed by atoms with van der Waals surface area (Å²) in [6.45, 7) is 0.710. The van der Waals surface area contributed by atoms with E-state index >= 15 is 0 Å². The zero-order valence-corrected chi connectivity index (χ0v) is 24.8. The molecule has 0 saturated carbocycles. The Morgan fingerprint density at radius 2 is 1.73 bits per heavy atom. The lowest BCUT2D eigenvalue weighted by Crippen LogP contribution is -2.47. The first-order chi connectivity index (χ1) is 21.7. The quantitative estimate of drug-likeness (QED) is 0.111. The van der Waals surface area contributed by atoms with Gasteiger partial charge in [0.1, 0.15) is 6.04 Å². The average Bonchev–Trinajstić information content (AvgIpc) is 3.75. The number of carboxylic acids is 1. The van der Waals surface area contributed by atoms with Gasteiger partial charge in [0.25, 0.3) is 11.8 Å². The number of carbonyl (C=O) groups excluding carboxylic acids is 3. The van der Waals surface area contributed by atoms with Crippen LogP contribution in [0.3, 0.4) is 0 Å². The Morgan fingerprint density at radius 3 is 2.38 bits per heavy atom. The van der Waals surface area contributed by atoms with E-state index in [4.69, 9.17) is 14.2 Å². The summed E-state index contributed by atoms with van der Waals surface area (Å²) in [4.78, 5) is 57.1. The molecule has 2 aromatic heterocycles. The number of nitrogens with one attached hydrogen (secondary N) is 4. The first-order valence-electron chi connectivity index (χ1n) is 14.0. The number of methoxy groups -OCH3 is 3. The highest BCUT2D eigenvalue weighted by Crippen LogP contribution is 2.43. The van der Waals surface area contributed by atoms with Gasteiger partial charge in [-0.1, -0.05) is 18.2 Å². The predicted molar refractivity (Wildman–Crippen MR) is 163 cm³/mol. The number of hydrogen-bond donors (Lipinski definition) is 5. The second kappa shape index (κ2) is 13.2. The molecule has 0 radical (unpaired) electrons. The Kier molecular flexibility index (Phi) is 9.02. The fraction of sp³-hybridized carbons (Fsp3) is 0.258. The number of carboxylic acid groups (broad SMARTS) is 1. The van der Waals surface area contributed by atoms with Crippen LogP contribution in [0.5, 0.6) is 17.2 Å². The molecule has 14 nitrogen and oxygen atoms in total. The molecule has 3 heterocycles. The number of aryl methyl sites for hydroxylation is 1. The maximum absolute atomic E-state index is 13.2. The SMILES string of the molecule is COc1cc(C2=C(c3cn(CCCNC(=O)NC(Cc4cnc[nH]4)C(=O)O)c4ccccc34)C(=O)NC2=O)cc(OC)c1OC. The van der Waals surface area contributed by atoms with Crippen molar-refractivity contribution in [2.75, 3.05) is 27.9 Å². The van der Waals surface area contributed by atoms with Crippen molar-refractivity contribution >= 4 is 45.9 Å². The minimum atomic E-state index is -1.17. The van der Waals surface area contributed by atoms with Crippen LogP contribution in [0.25, 0.3) is 22.0 Å². The number of aliphatic carboxylic acids is 1. The zero-order valence-electron chi connectivity index (χ0n) is 24.8. The van der Waals surface area contributed by atoms with Crippen molar-refractivity contribution in [2.45, 2.75) is 25.4 Å². The van der Waals surface area contributed by atoms with Crippen LogP contribution >= 0.6 is 0 Å². The van der Waals surface area contributed by atoms with Gasteiger partial charge in [-0.2, -0.15) is 0 Å². The van der Waals surface area contributed by atoms with E-state index in [1.54, 1.807) is 18.3 Å². The van der Waals surface area contributed by atoms with Crippen LogP contribution in [0, 0.1) is 0 Å². The Hall–Kier alpha value is -5.79. The standard InChI is InChI=1S/C31H32N6O8/c1-43-23-11-17(12-24(44-2)27(23)45-3)25-26(29(39)36-28(25)38)20-15-37(22-8-5-4-7-19(20)22)10-6-9-33-31(42)35-21(30(40)41)13-18-14-32-16-34-18/h4-5,7-8,11-12,14-16,21H,6,9-10,13H2,1-3H3,(H,32,34)(H,40,41)(H2,33,35,42)(H,36,38,39). The first kappa shape index (κ1) is 30.7. The van der Waals surface area contributed by atoms with Crippen molar-refractivity contribution in [3.63, 3.8) is 0 Å². The van der Waals surface area contributed by atoms with Gasteiger partial charge >= 0.3 is 12.0 Å². The number of imide groups is 1. The normalized spacial score (nSPS) is 13.5. The number of amides is 4. The van der Waals surface area contributed by atoms with Gasteiger partial charge in [-0.05, 0) is 30.2 Å². The Labute approximate surface area is 257 Å². The first-order valence-corrected chi connectivity index (χ1v) is 14.0. The summed E-state index contributed by atoms with van der Waals surface area (Å²) in [7, 11) is 4.41. The number of para-hydroxylation sites is 1. The number of hydrogen-bond acceptors (Lipinski definition) is 8. The van der Waals surface area contributed by atoms with Crippen LogP contribution in [0.15, 0.2) is 55.1 Å². The molecule has 0 aliphatic carbocycles.